The summed E-state index contributed by atoms with van der Waals surface area (Å²) < 4.78 is 11.7. The number of piperidine rings is 1. The van der Waals surface area contributed by atoms with E-state index in [0.717, 1.165) is 28.6 Å². The third kappa shape index (κ3) is 6.07. The number of aromatic nitrogens is 1. The van der Waals surface area contributed by atoms with Gasteiger partial charge in [-0.05, 0) is 48.6 Å². The highest BCUT2D eigenvalue weighted by Gasteiger charge is 2.42. The van der Waals surface area contributed by atoms with Gasteiger partial charge in [-0.15, -0.1) is 0 Å². The van der Waals surface area contributed by atoms with Crippen molar-refractivity contribution in [1.82, 2.24) is 9.88 Å². The Balaban J connectivity index is 1.27. The Morgan fingerprint density at radius 3 is 2.53 bits per heavy atom. The van der Waals surface area contributed by atoms with Crippen molar-refractivity contribution in [2.45, 2.75) is 37.9 Å². The van der Waals surface area contributed by atoms with Crippen molar-refractivity contribution in [3.63, 3.8) is 0 Å². The monoisotopic (exact) mass is 496 g/mol. The van der Waals surface area contributed by atoms with Gasteiger partial charge in [0, 0.05) is 18.7 Å². The molecular weight excluding hydrogens is 468 g/mol. The molecule has 4 rings (SSSR count). The molecular formula is C26H28N2O8. The summed E-state index contributed by atoms with van der Waals surface area (Å²) in [5.74, 6) is -3.19. The van der Waals surface area contributed by atoms with Gasteiger partial charge in [0.25, 0.3) is 0 Å². The van der Waals surface area contributed by atoms with Crippen LogP contribution >= 0.6 is 0 Å². The lowest BCUT2D eigenvalue weighted by atomic mass is 9.93. The number of ether oxygens (including phenoxy) is 1. The second-order valence-corrected chi connectivity index (χ2v) is 9.13. The van der Waals surface area contributed by atoms with Crippen molar-refractivity contribution < 1.29 is 38.9 Å². The summed E-state index contributed by atoms with van der Waals surface area (Å²) >= 11 is 0. The Hall–Kier alpha value is -3.76. The number of oxazole rings is 1. The van der Waals surface area contributed by atoms with Crippen LogP contribution in [0.4, 0.5) is 0 Å². The van der Waals surface area contributed by atoms with Crippen molar-refractivity contribution in [2.75, 3.05) is 19.7 Å². The van der Waals surface area contributed by atoms with Crippen LogP contribution in [0.15, 0.2) is 52.9 Å². The minimum atomic E-state index is -2.63. The molecule has 0 radical (unpaired) electrons. The topological polar surface area (TPSA) is 150 Å². The SMILES string of the molecule is O=C(O)CC(O)(CC(=O)N1CCCC(COCc2ccc(-c3nc4ccccc4o3)cc2)C1)C(=O)O. The van der Waals surface area contributed by atoms with Crippen LogP contribution in [0.1, 0.15) is 31.2 Å². The number of carbonyl (C=O) groups excluding carboxylic acids is 1. The normalized spacial score (nSPS) is 17.6. The highest BCUT2D eigenvalue weighted by Crippen LogP contribution is 2.25. The number of carbonyl (C=O) groups is 3. The quantitative estimate of drug-likeness (QED) is 0.385. The lowest BCUT2D eigenvalue weighted by molar-refractivity contribution is -0.169. The van der Waals surface area contributed by atoms with Gasteiger partial charge in [-0.2, -0.15) is 0 Å². The molecule has 2 heterocycles. The van der Waals surface area contributed by atoms with Crippen LogP contribution in [0.2, 0.25) is 0 Å². The minimum Gasteiger partial charge on any atom is -0.481 e. The van der Waals surface area contributed by atoms with E-state index in [4.69, 9.17) is 14.3 Å². The molecule has 0 spiro atoms. The molecule has 10 nitrogen and oxygen atoms in total. The van der Waals surface area contributed by atoms with E-state index in [9.17, 15) is 24.6 Å². The number of aliphatic hydroxyl groups is 1. The van der Waals surface area contributed by atoms with Crippen LogP contribution in [0.5, 0.6) is 0 Å². The molecule has 2 atom stereocenters. The molecule has 3 aromatic rings. The molecule has 1 fully saturated rings. The zero-order valence-corrected chi connectivity index (χ0v) is 19.6. The van der Waals surface area contributed by atoms with E-state index < -0.39 is 36.3 Å². The van der Waals surface area contributed by atoms with Crippen molar-refractivity contribution in [2.24, 2.45) is 5.92 Å². The largest absolute Gasteiger partial charge is 0.481 e. The third-order valence-corrected chi connectivity index (χ3v) is 6.27. The molecule has 1 amide bonds. The van der Waals surface area contributed by atoms with Crippen molar-refractivity contribution in [1.29, 1.82) is 0 Å². The molecule has 190 valence electrons. The summed E-state index contributed by atoms with van der Waals surface area (Å²) in [6, 6.07) is 15.3. The first kappa shape index (κ1) is 25.3. The van der Waals surface area contributed by atoms with Gasteiger partial charge in [-0.3, -0.25) is 9.59 Å². The van der Waals surface area contributed by atoms with Crippen LogP contribution in [-0.4, -0.2) is 68.3 Å². The molecule has 1 aromatic heterocycles. The summed E-state index contributed by atoms with van der Waals surface area (Å²) in [6.45, 7) is 1.58. The number of para-hydroxylation sites is 2. The first-order chi connectivity index (χ1) is 17.2. The van der Waals surface area contributed by atoms with Gasteiger partial charge in [-0.25, -0.2) is 9.78 Å². The summed E-state index contributed by atoms with van der Waals surface area (Å²) in [5.41, 5.74) is 0.736. The van der Waals surface area contributed by atoms with Crippen molar-refractivity contribution in [3.05, 3.63) is 54.1 Å². The number of fused-ring (bicyclic) bond motifs is 1. The molecule has 0 saturated carbocycles. The minimum absolute atomic E-state index is 0.0547. The molecule has 1 aliphatic heterocycles. The number of hydrogen-bond donors (Lipinski definition) is 3. The number of likely N-dealkylation sites (tertiary alicyclic amines) is 1. The number of hydrogen-bond acceptors (Lipinski definition) is 7. The molecule has 2 aromatic carbocycles. The summed E-state index contributed by atoms with van der Waals surface area (Å²) in [4.78, 5) is 40.8. The maximum atomic E-state index is 12.6. The van der Waals surface area contributed by atoms with Crippen LogP contribution in [0.3, 0.4) is 0 Å². The molecule has 10 heteroatoms. The maximum Gasteiger partial charge on any atom is 0.336 e. The van der Waals surface area contributed by atoms with Gasteiger partial charge >= 0.3 is 11.9 Å². The number of aliphatic carboxylic acids is 2. The molecule has 36 heavy (non-hydrogen) atoms. The second kappa shape index (κ2) is 10.9. The number of carboxylic acid groups (broad SMARTS) is 2. The Kier molecular flexibility index (Phi) is 7.66. The highest BCUT2D eigenvalue weighted by molar-refractivity contribution is 5.90. The number of nitrogens with zero attached hydrogens (tertiary/aromatic N) is 2. The molecule has 3 N–H and O–H groups in total. The van der Waals surface area contributed by atoms with Crippen molar-refractivity contribution in [3.8, 4) is 11.5 Å². The summed E-state index contributed by atoms with van der Waals surface area (Å²) in [6.07, 6.45) is -0.267. The predicted molar refractivity (Wildman–Crippen MR) is 128 cm³/mol. The van der Waals surface area contributed by atoms with Gasteiger partial charge in [0.2, 0.25) is 11.8 Å². The van der Waals surface area contributed by atoms with E-state index in [1.54, 1.807) is 0 Å². The summed E-state index contributed by atoms with van der Waals surface area (Å²) in [5, 5.41) is 28.3. The Bertz CT molecular complexity index is 1210. The second-order valence-electron chi connectivity index (χ2n) is 9.13. The number of benzene rings is 2. The predicted octanol–water partition coefficient (Wildman–Crippen LogP) is 2.93. The van der Waals surface area contributed by atoms with E-state index >= 15 is 0 Å². The van der Waals surface area contributed by atoms with E-state index in [1.807, 2.05) is 48.5 Å². The average molecular weight is 497 g/mol. The fourth-order valence-corrected chi connectivity index (χ4v) is 4.34. The Morgan fingerprint density at radius 2 is 1.83 bits per heavy atom. The van der Waals surface area contributed by atoms with Gasteiger partial charge in [0.05, 0.1) is 26.1 Å². The Labute approximate surface area is 207 Å². The van der Waals surface area contributed by atoms with E-state index in [-0.39, 0.29) is 5.92 Å². The van der Waals surface area contributed by atoms with Crippen LogP contribution in [0, 0.1) is 5.92 Å². The zero-order valence-electron chi connectivity index (χ0n) is 19.6. The molecule has 0 bridgehead atoms. The van der Waals surface area contributed by atoms with E-state index in [1.165, 1.54) is 4.90 Å². The first-order valence-corrected chi connectivity index (χ1v) is 11.7. The van der Waals surface area contributed by atoms with Crippen LogP contribution in [-0.2, 0) is 25.7 Å². The smallest absolute Gasteiger partial charge is 0.336 e. The fraction of sp³-hybridized carbons (Fsp3) is 0.385. The van der Waals surface area contributed by atoms with E-state index in [2.05, 4.69) is 4.98 Å². The van der Waals surface area contributed by atoms with Gasteiger partial charge in [0.15, 0.2) is 11.2 Å². The number of amides is 1. The average Bonchev–Trinajstić information content (AvgIpc) is 3.28. The summed E-state index contributed by atoms with van der Waals surface area (Å²) in [7, 11) is 0. The van der Waals surface area contributed by atoms with Crippen LogP contribution < -0.4 is 0 Å². The lowest BCUT2D eigenvalue weighted by Gasteiger charge is -2.34. The molecule has 2 unspecified atom stereocenters. The number of rotatable bonds is 10. The molecule has 1 saturated heterocycles. The third-order valence-electron chi connectivity index (χ3n) is 6.27. The number of carboxylic acids is 2. The lowest BCUT2D eigenvalue weighted by Crippen LogP contribution is -2.48. The van der Waals surface area contributed by atoms with Gasteiger partial charge in [0.1, 0.15) is 5.52 Å². The standard InChI is InChI=1S/C26H28N2O8/c29-22(12-26(34,25(32)33)13-23(30)31)28-11-3-4-18(14-28)16-35-15-17-7-9-19(10-8-17)24-27-20-5-1-2-6-21(20)36-24/h1-2,5-10,18,34H,3-4,11-16H2,(H,30,31)(H,32,33). The van der Waals surface area contributed by atoms with Crippen molar-refractivity contribution >= 4 is 28.9 Å². The van der Waals surface area contributed by atoms with Crippen LogP contribution in [0.25, 0.3) is 22.6 Å². The van der Waals surface area contributed by atoms with Gasteiger partial charge < -0.3 is 29.4 Å². The fourth-order valence-electron chi connectivity index (χ4n) is 4.34. The maximum absolute atomic E-state index is 12.6. The molecule has 1 aliphatic rings. The highest BCUT2D eigenvalue weighted by atomic mass is 16.5. The zero-order chi connectivity index (χ0) is 25.7. The molecule has 0 aliphatic carbocycles. The Morgan fingerprint density at radius 1 is 1.08 bits per heavy atom. The van der Waals surface area contributed by atoms with Gasteiger partial charge in [-0.1, -0.05) is 24.3 Å². The van der Waals surface area contributed by atoms with E-state index in [0.29, 0.717) is 38.6 Å². The first-order valence-electron chi connectivity index (χ1n) is 11.7.